The second-order valence-corrected chi connectivity index (χ2v) is 7.36. The molecule has 3 rings (SSSR count). The van der Waals surface area contributed by atoms with Crippen LogP contribution >= 0.6 is 15.9 Å². The zero-order valence-electron chi connectivity index (χ0n) is 15.4. The first-order valence-corrected chi connectivity index (χ1v) is 9.28. The van der Waals surface area contributed by atoms with Gasteiger partial charge in [0.2, 0.25) is 11.6 Å². The number of aromatic amines is 2. The summed E-state index contributed by atoms with van der Waals surface area (Å²) in [6, 6.07) is 7.81. The number of benzene rings is 1. The van der Waals surface area contributed by atoms with Crippen LogP contribution in [0.3, 0.4) is 0 Å². The van der Waals surface area contributed by atoms with Gasteiger partial charge in [-0.25, -0.2) is 9.89 Å². The molecule has 1 aromatic carbocycles. The van der Waals surface area contributed by atoms with Gasteiger partial charge in [-0.3, -0.25) is 14.6 Å². The van der Waals surface area contributed by atoms with Crippen molar-refractivity contribution < 1.29 is 4.74 Å². The Morgan fingerprint density at radius 3 is 2.66 bits per heavy atom. The fourth-order valence-electron chi connectivity index (χ4n) is 2.53. The van der Waals surface area contributed by atoms with Crippen LogP contribution in [0, 0.1) is 17.2 Å². The Morgan fingerprint density at radius 1 is 1.24 bits per heavy atom. The molecule has 0 fully saturated rings. The molecule has 0 amide bonds. The van der Waals surface area contributed by atoms with Crippen molar-refractivity contribution in [1.82, 2.24) is 25.0 Å². The number of rotatable bonds is 5. The number of ether oxygens (including phenoxy) is 1. The molecule has 2 N–H and O–H groups in total. The number of aromatic nitrogens is 5. The Bertz CT molecular complexity index is 1280. The Hall–Kier alpha value is -3.52. The molecule has 2 heterocycles. The van der Waals surface area contributed by atoms with E-state index in [-0.39, 0.29) is 11.4 Å². The molecule has 0 aliphatic carbocycles. The summed E-state index contributed by atoms with van der Waals surface area (Å²) in [6.45, 7) is 4.00. The molecule has 3 aromatic rings. The predicted molar refractivity (Wildman–Crippen MR) is 106 cm³/mol. The number of halogens is 1. The standard InChI is InChI=1S/C18H15BrN6O4/c1-9(2)5-10-6-15(22-23-16(10)26)29-14-4-3-11(7-12(14)19)25-18(28)21-17(27)13(8-20)24-25/h3-4,6-7,9H,5H2,1-2H3,(H,23,26)(H,21,27,28). The van der Waals surface area contributed by atoms with Gasteiger partial charge in [-0.1, -0.05) is 13.8 Å². The van der Waals surface area contributed by atoms with Crippen molar-refractivity contribution in [2.24, 2.45) is 5.92 Å². The van der Waals surface area contributed by atoms with Crippen LogP contribution in [-0.4, -0.2) is 25.0 Å². The summed E-state index contributed by atoms with van der Waals surface area (Å²) < 4.78 is 7.09. The topological polar surface area (TPSA) is 147 Å². The van der Waals surface area contributed by atoms with Crippen LogP contribution in [0.4, 0.5) is 0 Å². The van der Waals surface area contributed by atoms with Crippen LogP contribution in [0.15, 0.2) is 43.1 Å². The van der Waals surface area contributed by atoms with Gasteiger partial charge in [-0.2, -0.15) is 9.94 Å². The van der Waals surface area contributed by atoms with Crippen molar-refractivity contribution in [2.45, 2.75) is 20.3 Å². The molecule has 0 radical (unpaired) electrons. The van der Waals surface area contributed by atoms with Crippen LogP contribution in [0.25, 0.3) is 5.69 Å². The van der Waals surface area contributed by atoms with Crippen LogP contribution in [0.1, 0.15) is 25.1 Å². The van der Waals surface area contributed by atoms with Crippen LogP contribution < -0.4 is 21.5 Å². The van der Waals surface area contributed by atoms with E-state index in [0.717, 1.165) is 4.68 Å². The summed E-state index contributed by atoms with van der Waals surface area (Å²) >= 11 is 3.35. The number of nitrogens with zero attached hydrogens (tertiary/aromatic N) is 4. The number of hydrogen-bond donors (Lipinski definition) is 2. The molecule has 0 unspecified atom stereocenters. The average molecular weight is 459 g/mol. The van der Waals surface area contributed by atoms with Gasteiger partial charge in [0.15, 0.2) is 0 Å². The summed E-state index contributed by atoms with van der Waals surface area (Å²) in [4.78, 5) is 37.4. The predicted octanol–water partition coefficient (Wildman–Crippen LogP) is 1.63. The molecule has 0 bridgehead atoms. The first kappa shape index (κ1) is 20.2. The second-order valence-electron chi connectivity index (χ2n) is 6.51. The minimum atomic E-state index is -0.853. The molecule has 10 nitrogen and oxygen atoms in total. The van der Waals surface area contributed by atoms with E-state index in [0.29, 0.717) is 33.8 Å². The lowest BCUT2D eigenvalue weighted by molar-refractivity contribution is 0.449. The number of nitrogens with one attached hydrogen (secondary N) is 2. The van der Waals surface area contributed by atoms with Crippen molar-refractivity contribution in [2.75, 3.05) is 0 Å². The van der Waals surface area contributed by atoms with Gasteiger partial charge < -0.3 is 4.74 Å². The fourth-order valence-corrected chi connectivity index (χ4v) is 2.98. The van der Waals surface area contributed by atoms with E-state index in [2.05, 4.69) is 31.2 Å². The van der Waals surface area contributed by atoms with Gasteiger partial charge in [0, 0.05) is 11.6 Å². The Morgan fingerprint density at radius 2 is 2.00 bits per heavy atom. The van der Waals surface area contributed by atoms with E-state index in [4.69, 9.17) is 10.00 Å². The van der Waals surface area contributed by atoms with Crippen LogP contribution in [0.5, 0.6) is 11.6 Å². The lowest BCUT2D eigenvalue weighted by Gasteiger charge is -2.10. The number of hydrogen-bond acceptors (Lipinski definition) is 7. The monoisotopic (exact) mass is 458 g/mol. The smallest absolute Gasteiger partial charge is 0.349 e. The molecular formula is C18H15BrN6O4. The van der Waals surface area contributed by atoms with Gasteiger partial charge in [-0.05, 0) is 46.5 Å². The van der Waals surface area contributed by atoms with Gasteiger partial charge in [0.1, 0.15) is 11.8 Å². The van der Waals surface area contributed by atoms with Crippen LogP contribution in [0.2, 0.25) is 0 Å². The van der Waals surface area contributed by atoms with Crippen molar-refractivity contribution in [3.63, 3.8) is 0 Å². The minimum Gasteiger partial charge on any atom is -0.436 e. The fraction of sp³-hybridized carbons (Fsp3) is 0.222. The van der Waals surface area contributed by atoms with E-state index in [9.17, 15) is 14.4 Å². The summed E-state index contributed by atoms with van der Waals surface area (Å²) in [7, 11) is 0. The highest BCUT2D eigenvalue weighted by Crippen LogP contribution is 2.30. The number of H-pyrrole nitrogens is 2. The van der Waals surface area contributed by atoms with Gasteiger partial charge in [-0.15, -0.1) is 10.2 Å². The Kier molecular flexibility index (Phi) is 5.74. The Labute approximate surface area is 171 Å². The highest BCUT2D eigenvalue weighted by molar-refractivity contribution is 9.10. The Balaban J connectivity index is 1.94. The zero-order chi connectivity index (χ0) is 21.1. The third-order valence-electron chi connectivity index (χ3n) is 3.79. The minimum absolute atomic E-state index is 0.208. The van der Waals surface area contributed by atoms with Crippen molar-refractivity contribution in [3.8, 4) is 23.4 Å². The van der Waals surface area contributed by atoms with Crippen molar-refractivity contribution in [3.05, 3.63) is 71.2 Å². The zero-order valence-corrected chi connectivity index (χ0v) is 17.0. The third-order valence-corrected chi connectivity index (χ3v) is 4.41. The third kappa shape index (κ3) is 4.49. The largest absolute Gasteiger partial charge is 0.436 e. The molecular weight excluding hydrogens is 444 g/mol. The molecule has 0 atom stereocenters. The lowest BCUT2D eigenvalue weighted by atomic mass is 10.1. The van der Waals surface area contributed by atoms with E-state index in [1.165, 1.54) is 12.1 Å². The molecule has 0 aliphatic heterocycles. The first-order valence-electron chi connectivity index (χ1n) is 8.48. The quantitative estimate of drug-likeness (QED) is 0.590. The van der Waals surface area contributed by atoms with Crippen molar-refractivity contribution >= 4 is 15.9 Å². The molecule has 2 aromatic heterocycles. The van der Waals surface area contributed by atoms with Gasteiger partial charge >= 0.3 is 5.69 Å². The molecule has 0 saturated carbocycles. The second kappa shape index (κ2) is 8.24. The lowest BCUT2D eigenvalue weighted by Crippen LogP contribution is -2.33. The summed E-state index contributed by atoms with van der Waals surface area (Å²) in [6.07, 6.45) is 0.580. The maximum atomic E-state index is 12.0. The normalized spacial score (nSPS) is 10.7. The number of nitriles is 1. The SMILES string of the molecule is CC(C)Cc1cc(Oc2ccc(-n3nc(C#N)c(=O)[nH]c3=O)cc2Br)n[nH]c1=O. The van der Waals surface area contributed by atoms with Gasteiger partial charge in [0.05, 0.1) is 10.2 Å². The summed E-state index contributed by atoms with van der Waals surface area (Å²) in [5, 5.41) is 19.0. The van der Waals surface area contributed by atoms with Crippen molar-refractivity contribution in [1.29, 1.82) is 5.26 Å². The molecule has 0 saturated heterocycles. The van der Waals surface area contributed by atoms with Gasteiger partial charge in [0.25, 0.3) is 11.1 Å². The van der Waals surface area contributed by atoms with E-state index < -0.39 is 16.9 Å². The first-order chi connectivity index (χ1) is 13.8. The maximum Gasteiger partial charge on any atom is 0.349 e. The molecule has 148 valence electrons. The average Bonchev–Trinajstić information content (AvgIpc) is 2.66. The van der Waals surface area contributed by atoms with E-state index in [1.54, 1.807) is 18.2 Å². The maximum absolute atomic E-state index is 12.0. The molecule has 0 spiro atoms. The molecule has 11 heteroatoms. The highest BCUT2D eigenvalue weighted by atomic mass is 79.9. The molecule has 0 aliphatic rings. The van der Waals surface area contributed by atoms with Crippen LogP contribution in [-0.2, 0) is 6.42 Å². The highest BCUT2D eigenvalue weighted by Gasteiger charge is 2.12. The summed E-state index contributed by atoms with van der Waals surface area (Å²) in [5.74, 6) is 0.875. The van der Waals surface area contributed by atoms with E-state index >= 15 is 0 Å². The summed E-state index contributed by atoms with van der Waals surface area (Å²) in [5.41, 5.74) is -1.47. The van der Waals surface area contributed by atoms with E-state index in [1.807, 2.05) is 18.8 Å². The molecule has 29 heavy (non-hydrogen) atoms.